The van der Waals surface area contributed by atoms with E-state index < -0.39 is 60.2 Å². The Hall–Kier alpha value is -1.82. The molecular weight excluding hydrogens is 666 g/mol. The van der Waals surface area contributed by atoms with Crippen molar-refractivity contribution in [1.29, 1.82) is 0 Å². The molecule has 2 rings (SSSR count). The van der Waals surface area contributed by atoms with Gasteiger partial charge in [-0.2, -0.15) is 26.3 Å². The van der Waals surface area contributed by atoms with Crippen LogP contribution in [0.25, 0.3) is 5.83 Å². The fourth-order valence-electron chi connectivity index (χ4n) is 3.62. The molecule has 0 saturated heterocycles. The molecule has 0 radical (unpaired) electrons. The van der Waals surface area contributed by atoms with Crippen molar-refractivity contribution in [2.24, 2.45) is 5.92 Å². The Morgan fingerprint density at radius 2 is 1.59 bits per heavy atom. The minimum Gasteiger partial charge on any atom is -0.334 e. The average Bonchev–Trinajstić information content (AvgIpc) is 2.81. The lowest BCUT2D eigenvalue weighted by Crippen LogP contribution is -2.41. The van der Waals surface area contributed by atoms with Crippen molar-refractivity contribution in [1.82, 2.24) is 4.90 Å². The second-order valence-electron chi connectivity index (χ2n) is 8.52. The third-order valence-electron chi connectivity index (χ3n) is 5.55. The molecule has 2 atom stereocenters. The Bertz CT molecular complexity index is 1240. The van der Waals surface area contributed by atoms with E-state index in [1.54, 1.807) is 0 Å². The van der Waals surface area contributed by atoms with E-state index in [0.29, 0.717) is 11.0 Å². The first-order valence-corrected chi connectivity index (χ1v) is 13.1. The molecule has 0 bridgehead atoms. The highest BCUT2D eigenvalue weighted by Crippen LogP contribution is 2.42. The molecule has 0 saturated carbocycles. The Balaban J connectivity index is 2.30. The molecule has 0 aliphatic rings. The highest BCUT2D eigenvalue weighted by Gasteiger charge is 2.40. The first-order valence-electron chi connectivity index (χ1n) is 11.1. The number of carbonyl (C=O) groups is 2. The van der Waals surface area contributed by atoms with Gasteiger partial charge in [0.15, 0.2) is 5.78 Å². The SMILES string of the molecule is CCN(CC(F)(F)F)C(=O)[C@@H](C)CC(=O)c1ccc(/C(F)=C/C(c2cc(Cl)c(Cl)c(Cl)c2)C(F)(F)F)cc1Br. The van der Waals surface area contributed by atoms with E-state index in [4.69, 9.17) is 34.8 Å². The highest BCUT2D eigenvalue weighted by molar-refractivity contribution is 9.10. The van der Waals surface area contributed by atoms with Gasteiger partial charge in [0.25, 0.3) is 0 Å². The third kappa shape index (κ3) is 9.09. The Kier molecular flexibility index (Phi) is 11.3. The van der Waals surface area contributed by atoms with E-state index >= 15 is 0 Å². The summed E-state index contributed by atoms with van der Waals surface area (Å²) in [5, 5.41) is -0.655. The predicted octanol–water partition coefficient (Wildman–Crippen LogP) is 9.69. The van der Waals surface area contributed by atoms with Gasteiger partial charge in [-0.3, -0.25) is 9.59 Å². The van der Waals surface area contributed by atoms with Gasteiger partial charge in [0, 0.05) is 34.5 Å². The number of rotatable bonds is 9. The van der Waals surface area contributed by atoms with E-state index in [-0.39, 0.29) is 37.2 Å². The van der Waals surface area contributed by atoms with Crippen molar-refractivity contribution in [3.05, 3.63) is 72.6 Å². The van der Waals surface area contributed by atoms with Crippen LogP contribution in [-0.2, 0) is 4.79 Å². The van der Waals surface area contributed by atoms with Gasteiger partial charge in [0.05, 0.1) is 15.1 Å². The van der Waals surface area contributed by atoms with Crippen molar-refractivity contribution >= 4 is 68.3 Å². The number of carbonyl (C=O) groups excluding carboxylic acids is 2. The zero-order valence-electron chi connectivity index (χ0n) is 20.2. The van der Waals surface area contributed by atoms with Crippen molar-refractivity contribution < 1.29 is 40.3 Å². The number of Topliss-reactive ketones (excluding diaryl/α,β-unsaturated/α-hetero) is 1. The lowest BCUT2D eigenvalue weighted by molar-refractivity contribution is -0.162. The number of nitrogens with zero attached hydrogens (tertiary/aromatic N) is 1. The van der Waals surface area contributed by atoms with Crippen molar-refractivity contribution in [2.75, 3.05) is 13.1 Å². The largest absolute Gasteiger partial charge is 0.406 e. The molecule has 39 heavy (non-hydrogen) atoms. The molecule has 0 fully saturated rings. The van der Waals surface area contributed by atoms with Crippen LogP contribution in [-0.4, -0.2) is 42.0 Å². The summed E-state index contributed by atoms with van der Waals surface area (Å²) in [4.78, 5) is 25.7. The first-order chi connectivity index (χ1) is 17.9. The Morgan fingerprint density at radius 1 is 1.03 bits per heavy atom. The summed E-state index contributed by atoms with van der Waals surface area (Å²) in [6.07, 6.45) is -9.66. The summed E-state index contributed by atoms with van der Waals surface area (Å²) in [6.45, 7) is 0.998. The second kappa shape index (κ2) is 13.2. The van der Waals surface area contributed by atoms with Crippen molar-refractivity contribution in [3.8, 4) is 0 Å². The van der Waals surface area contributed by atoms with E-state index in [2.05, 4.69) is 15.9 Å². The maximum Gasteiger partial charge on any atom is 0.406 e. The van der Waals surface area contributed by atoms with Gasteiger partial charge in [0.1, 0.15) is 18.3 Å². The maximum atomic E-state index is 15.0. The number of benzene rings is 2. The molecule has 3 nitrogen and oxygen atoms in total. The average molecular weight is 686 g/mol. The van der Waals surface area contributed by atoms with E-state index in [1.165, 1.54) is 13.8 Å². The monoisotopic (exact) mass is 683 g/mol. The minimum absolute atomic E-state index is 0.0111. The molecule has 0 spiro atoms. The van der Waals surface area contributed by atoms with Crippen LogP contribution in [0.5, 0.6) is 0 Å². The molecule has 2 aromatic carbocycles. The fraction of sp³-hybridized carbons (Fsp3) is 0.360. The number of halogens is 11. The molecule has 0 aliphatic carbocycles. The van der Waals surface area contributed by atoms with Gasteiger partial charge in [-0.1, -0.05) is 63.7 Å². The normalized spacial score (nSPS) is 14.2. The van der Waals surface area contributed by atoms with Gasteiger partial charge in [-0.15, -0.1) is 0 Å². The standard InChI is InChI=1S/C25H20BrCl3F7NO2/c1-3-37(11-24(31,32)33)23(39)12(2)6-21(38)15-5-4-13(7-17(15)26)20(30)10-16(25(34,35)36)14-8-18(27)22(29)19(28)9-14/h4-5,7-10,12,16H,3,6,11H2,1-2H3/b20-10-/t12-,16?/m0/s1. The molecular formula is C25H20BrCl3F7NO2. The predicted molar refractivity (Wildman–Crippen MR) is 140 cm³/mol. The van der Waals surface area contributed by atoms with E-state index in [0.717, 1.165) is 30.3 Å². The van der Waals surface area contributed by atoms with Crippen molar-refractivity contribution in [2.45, 2.75) is 38.5 Å². The number of hydrogen-bond acceptors (Lipinski definition) is 2. The quantitative estimate of drug-likeness (QED) is 0.150. The molecule has 214 valence electrons. The van der Waals surface area contributed by atoms with Gasteiger partial charge < -0.3 is 4.90 Å². The number of amides is 1. The van der Waals surface area contributed by atoms with Crippen molar-refractivity contribution in [3.63, 3.8) is 0 Å². The molecule has 1 amide bonds. The molecule has 14 heteroatoms. The van der Waals surface area contributed by atoms with Crippen LogP contribution >= 0.6 is 50.7 Å². The van der Waals surface area contributed by atoms with E-state index in [9.17, 15) is 40.3 Å². The third-order valence-corrected chi connectivity index (χ3v) is 7.41. The maximum absolute atomic E-state index is 15.0. The van der Waals surface area contributed by atoms with Gasteiger partial charge in [-0.05, 0) is 42.8 Å². The summed E-state index contributed by atoms with van der Waals surface area (Å²) in [7, 11) is 0. The highest BCUT2D eigenvalue weighted by atomic mass is 79.9. The first kappa shape index (κ1) is 33.4. The van der Waals surface area contributed by atoms with Crippen LogP contribution < -0.4 is 0 Å². The number of allylic oxidation sites excluding steroid dienone is 1. The summed E-state index contributed by atoms with van der Waals surface area (Å²) >= 11 is 20.5. The molecule has 1 unspecified atom stereocenters. The second-order valence-corrected chi connectivity index (χ2v) is 10.6. The Morgan fingerprint density at radius 3 is 2.05 bits per heavy atom. The zero-order chi connectivity index (χ0) is 29.9. The fourth-order valence-corrected chi connectivity index (χ4v) is 4.83. The summed E-state index contributed by atoms with van der Waals surface area (Å²) in [5.74, 6) is -6.30. The molecule has 2 aromatic rings. The Labute approximate surface area is 243 Å². The minimum atomic E-state index is -4.92. The van der Waals surface area contributed by atoms with Crippen LogP contribution in [0, 0.1) is 5.92 Å². The molecule has 0 heterocycles. The van der Waals surface area contributed by atoms with E-state index in [1.807, 2.05) is 0 Å². The number of ketones is 1. The molecule has 0 aliphatic heterocycles. The lowest BCUT2D eigenvalue weighted by Gasteiger charge is -2.25. The van der Waals surface area contributed by atoms with Crippen LogP contribution in [0.4, 0.5) is 30.7 Å². The lowest BCUT2D eigenvalue weighted by atomic mass is 9.95. The van der Waals surface area contributed by atoms with Crippen LogP contribution in [0.1, 0.15) is 47.7 Å². The molecule has 0 N–H and O–H groups in total. The van der Waals surface area contributed by atoms with Crippen LogP contribution in [0.2, 0.25) is 15.1 Å². The smallest absolute Gasteiger partial charge is 0.334 e. The summed E-state index contributed by atoms with van der Waals surface area (Å²) in [6, 6.07) is 5.12. The van der Waals surface area contributed by atoms with Crippen LogP contribution in [0.15, 0.2) is 40.9 Å². The van der Waals surface area contributed by atoms with Crippen LogP contribution in [0.3, 0.4) is 0 Å². The topological polar surface area (TPSA) is 37.4 Å². The zero-order valence-corrected chi connectivity index (χ0v) is 24.0. The van der Waals surface area contributed by atoms with Gasteiger partial charge in [-0.25, -0.2) is 4.39 Å². The summed E-state index contributed by atoms with van der Waals surface area (Å²) < 4.78 is 94.5. The number of alkyl halides is 6. The number of hydrogen-bond donors (Lipinski definition) is 0. The van der Waals surface area contributed by atoms with Gasteiger partial charge in [0.2, 0.25) is 5.91 Å². The van der Waals surface area contributed by atoms with Gasteiger partial charge >= 0.3 is 12.4 Å². The summed E-state index contributed by atoms with van der Waals surface area (Å²) in [5.41, 5.74) is -0.785. The molecule has 0 aromatic heterocycles.